The molecule has 0 aromatic heterocycles. The lowest BCUT2D eigenvalue weighted by atomic mass is 10.1. The van der Waals surface area contributed by atoms with Crippen LogP contribution in [0.15, 0.2) is 42.5 Å². The second-order valence-corrected chi connectivity index (χ2v) is 7.21. The van der Waals surface area contributed by atoms with E-state index in [9.17, 15) is 24.3 Å². The van der Waals surface area contributed by atoms with Gasteiger partial charge in [-0.3, -0.25) is 9.59 Å². The van der Waals surface area contributed by atoms with Crippen LogP contribution in [0, 0.1) is 0 Å². The van der Waals surface area contributed by atoms with Crippen LogP contribution in [-0.4, -0.2) is 41.5 Å². The molecule has 0 bridgehead atoms. The number of carbonyl (C=O) groups is 4. The van der Waals surface area contributed by atoms with Crippen LogP contribution in [0.25, 0.3) is 0 Å². The fraction of sp³-hybridized carbons (Fsp3) is 0.200. The fourth-order valence-electron chi connectivity index (χ4n) is 2.61. The number of carbonyl (C=O) groups excluding carboxylic acids is 3. The van der Waals surface area contributed by atoms with Crippen LogP contribution in [0.5, 0.6) is 0 Å². The number of carboxylic acids is 1. The zero-order valence-corrected chi connectivity index (χ0v) is 17.7. The molecule has 0 unspecified atom stereocenters. The topological polar surface area (TPSA) is 151 Å². The number of nitrogens with two attached hydrogens (primary N) is 1. The lowest BCUT2D eigenvalue weighted by Gasteiger charge is -2.17. The lowest BCUT2D eigenvalue weighted by Crippen LogP contribution is -2.49. The second-order valence-electron chi connectivity index (χ2n) is 6.43. The highest BCUT2D eigenvalue weighted by Gasteiger charge is 2.25. The Morgan fingerprint density at radius 3 is 2.32 bits per heavy atom. The van der Waals surface area contributed by atoms with E-state index >= 15 is 0 Å². The molecule has 2 aromatic carbocycles. The van der Waals surface area contributed by atoms with Gasteiger partial charge in [0, 0.05) is 6.42 Å². The van der Waals surface area contributed by atoms with E-state index in [2.05, 4.69) is 16.0 Å². The molecule has 2 rings (SSSR count). The molecule has 0 radical (unpaired) electrons. The number of benzene rings is 2. The van der Waals surface area contributed by atoms with Crippen molar-refractivity contribution in [2.45, 2.75) is 18.9 Å². The molecule has 2 aromatic rings. The van der Waals surface area contributed by atoms with Crippen molar-refractivity contribution in [2.24, 2.45) is 5.73 Å². The molecule has 0 spiro atoms. The zero-order valence-electron chi connectivity index (χ0n) is 16.2. The minimum atomic E-state index is -1.48. The smallest absolute Gasteiger partial charge is 0.328 e. The lowest BCUT2D eigenvalue weighted by molar-refractivity contribution is -0.139. The number of aliphatic carboxylic acids is 1. The van der Waals surface area contributed by atoms with Crippen molar-refractivity contribution in [3.05, 3.63) is 63.6 Å². The highest BCUT2D eigenvalue weighted by Crippen LogP contribution is 2.32. The molecule has 0 saturated carbocycles. The van der Waals surface area contributed by atoms with Gasteiger partial charge < -0.3 is 26.8 Å². The van der Waals surface area contributed by atoms with Gasteiger partial charge in [-0.15, -0.1) is 0 Å². The summed E-state index contributed by atoms with van der Waals surface area (Å²) >= 11 is 12.3. The Morgan fingerprint density at radius 1 is 1.03 bits per heavy atom. The van der Waals surface area contributed by atoms with E-state index in [0.717, 1.165) is 5.56 Å². The molecule has 0 aliphatic rings. The molecule has 1 atom stereocenters. The predicted molar refractivity (Wildman–Crippen MR) is 116 cm³/mol. The normalized spacial score (nSPS) is 11.3. The Labute approximate surface area is 187 Å². The van der Waals surface area contributed by atoms with Crippen LogP contribution in [0.3, 0.4) is 0 Å². The Bertz CT molecular complexity index is 985. The number of amides is 4. The van der Waals surface area contributed by atoms with E-state index in [1.165, 1.54) is 12.1 Å². The average Bonchev–Trinajstić information content (AvgIpc) is 2.72. The largest absolute Gasteiger partial charge is 0.480 e. The van der Waals surface area contributed by atoms with Crippen LogP contribution in [0.1, 0.15) is 22.3 Å². The summed E-state index contributed by atoms with van der Waals surface area (Å²) in [6.07, 6.45) is 0.697. The number of carboxylic acid groups (broad SMARTS) is 1. The van der Waals surface area contributed by atoms with Gasteiger partial charge in [0.15, 0.2) is 0 Å². The summed E-state index contributed by atoms with van der Waals surface area (Å²) in [5, 5.41) is 15.9. The third-order valence-electron chi connectivity index (χ3n) is 4.16. The number of primary amides is 1. The molecule has 9 nitrogen and oxygen atoms in total. The van der Waals surface area contributed by atoms with Crippen LogP contribution < -0.4 is 21.7 Å². The minimum Gasteiger partial charge on any atom is -0.480 e. The Kier molecular flexibility index (Phi) is 8.65. The number of hydrogen-bond donors (Lipinski definition) is 5. The van der Waals surface area contributed by atoms with Gasteiger partial charge in [-0.05, 0) is 24.1 Å². The van der Waals surface area contributed by atoms with Crippen molar-refractivity contribution in [3.63, 3.8) is 0 Å². The first-order valence-electron chi connectivity index (χ1n) is 9.07. The van der Waals surface area contributed by atoms with Gasteiger partial charge >= 0.3 is 12.0 Å². The number of hydrogen-bond acceptors (Lipinski definition) is 4. The summed E-state index contributed by atoms with van der Waals surface area (Å²) in [6.45, 7) is -0.443. The van der Waals surface area contributed by atoms with Crippen molar-refractivity contribution in [2.75, 3.05) is 11.9 Å². The maximum atomic E-state index is 12.6. The minimum absolute atomic E-state index is 0.0446. The van der Waals surface area contributed by atoms with Crippen LogP contribution >= 0.6 is 23.2 Å². The van der Waals surface area contributed by atoms with E-state index in [4.69, 9.17) is 28.9 Å². The fourth-order valence-corrected chi connectivity index (χ4v) is 3.20. The Hall–Kier alpha value is -3.30. The van der Waals surface area contributed by atoms with Crippen LogP contribution in [0.4, 0.5) is 10.5 Å². The summed E-state index contributed by atoms with van der Waals surface area (Å²) in [5.41, 5.74) is 5.85. The second kappa shape index (κ2) is 11.2. The molecule has 0 aliphatic heterocycles. The summed E-state index contributed by atoms with van der Waals surface area (Å²) in [7, 11) is 0. The van der Waals surface area contributed by atoms with Gasteiger partial charge in [-0.25, -0.2) is 9.59 Å². The Balaban J connectivity index is 2.11. The van der Waals surface area contributed by atoms with Crippen molar-refractivity contribution in [3.8, 4) is 0 Å². The maximum Gasteiger partial charge on any atom is 0.328 e. The van der Waals surface area contributed by atoms with Crippen LogP contribution in [-0.2, 0) is 16.0 Å². The zero-order chi connectivity index (χ0) is 23.0. The molecule has 0 aliphatic carbocycles. The van der Waals surface area contributed by atoms with E-state index < -0.39 is 30.5 Å². The van der Waals surface area contributed by atoms with Gasteiger partial charge in [0.25, 0.3) is 5.91 Å². The van der Waals surface area contributed by atoms with Crippen molar-refractivity contribution >= 4 is 52.7 Å². The molecule has 11 heteroatoms. The van der Waals surface area contributed by atoms with Crippen molar-refractivity contribution in [1.29, 1.82) is 0 Å². The van der Waals surface area contributed by atoms with Gasteiger partial charge in [-0.1, -0.05) is 53.5 Å². The summed E-state index contributed by atoms with van der Waals surface area (Å²) in [6, 6.07) is 9.79. The monoisotopic (exact) mass is 466 g/mol. The van der Waals surface area contributed by atoms with Crippen molar-refractivity contribution < 1.29 is 24.3 Å². The first-order chi connectivity index (χ1) is 14.7. The van der Waals surface area contributed by atoms with Crippen molar-refractivity contribution in [1.82, 2.24) is 10.6 Å². The average molecular weight is 467 g/mol. The number of halogens is 2. The maximum absolute atomic E-state index is 12.6. The SMILES string of the molecule is NC(=O)NC[C@H](NC(=O)c1c(Cl)ccc(NC(=O)CCc2ccccc2)c1Cl)C(=O)O. The number of nitrogens with one attached hydrogen (secondary N) is 3. The van der Waals surface area contributed by atoms with E-state index in [-0.39, 0.29) is 33.6 Å². The van der Waals surface area contributed by atoms with Gasteiger partial charge in [0.1, 0.15) is 6.04 Å². The highest BCUT2D eigenvalue weighted by molar-refractivity contribution is 6.41. The molecular formula is C20H20Cl2N4O5. The van der Waals surface area contributed by atoms with E-state index in [1.54, 1.807) is 0 Å². The molecule has 0 saturated heterocycles. The highest BCUT2D eigenvalue weighted by atomic mass is 35.5. The number of aryl methyl sites for hydroxylation is 1. The predicted octanol–water partition coefficient (Wildman–Crippen LogP) is 2.42. The molecule has 4 amide bonds. The Morgan fingerprint density at radius 2 is 1.71 bits per heavy atom. The summed E-state index contributed by atoms with van der Waals surface area (Å²) in [4.78, 5) is 47.0. The van der Waals surface area contributed by atoms with E-state index in [0.29, 0.717) is 6.42 Å². The first kappa shape index (κ1) is 24.0. The number of urea groups is 1. The third-order valence-corrected chi connectivity index (χ3v) is 4.87. The number of rotatable bonds is 9. The van der Waals surface area contributed by atoms with Gasteiger partial charge in [0.05, 0.1) is 27.8 Å². The molecule has 0 fully saturated rings. The molecule has 0 heterocycles. The van der Waals surface area contributed by atoms with Gasteiger partial charge in [-0.2, -0.15) is 0 Å². The summed E-state index contributed by atoms with van der Waals surface area (Å²) < 4.78 is 0. The quantitative estimate of drug-likeness (QED) is 0.384. The summed E-state index contributed by atoms with van der Waals surface area (Å²) in [5.74, 6) is -2.62. The standard InChI is InChI=1S/C20H20Cl2N4O5/c21-12-7-8-13(25-15(27)9-6-11-4-2-1-3-5-11)17(22)16(12)18(28)26-14(19(29)30)10-24-20(23)31/h1-5,7-8,14H,6,9-10H2,(H,25,27)(H,26,28)(H,29,30)(H3,23,24,31)/t14-/m0/s1. The van der Waals surface area contributed by atoms with E-state index in [1.807, 2.05) is 30.3 Å². The first-order valence-corrected chi connectivity index (χ1v) is 9.83. The third kappa shape index (κ3) is 7.16. The van der Waals surface area contributed by atoms with Crippen LogP contribution in [0.2, 0.25) is 10.0 Å². The van der Waals surface area contributed by atoms with Gasteiger partial charge in [0.2, 0.25) is 5.91 Å². The molecule has 164 valence electrons. The molecule has 31 heavy (non-hydrogen) atoms. The molecular weight excluding hydrogens is 447 g/mol. The molecule has 6 N–H and O–H groups in total. The number of anilines is 1.